The summed E-state index contributed by atoms with van der Waals surface area (Å²) in [5, 5.41) is 9.00. The minimum Gasteiger partial charge on any atom is -0.381 e. The third-order valence-corrected chi connectivity index (χ3v) is 11.7. The average Bonchev–Trinajstić information content (AvgIpc) is 3.73. The van der Waals surface area contributed by atoms with Gasteiger partial charge in [0.2, 0.25) is 17.7 Å². The maximum atomic E-state index is 13.7. The van der Waals surface area contributed by atoms with E-state index in [1.807, 2.05) is 102 Å². The summed E-state index contributed by atoms with van der Waals surface area (Å²) in [6, 6.07) is 19.2. The van der Waals surface area contributed by atoms with Gasteiger partial charge in [-0.1, -0.05) is 136 Å². The molecule has 2 aromatic rings. The van der Waals surface area contributed by atoms with Gasteiger partial charge < -0.3 is 35.1 Å². The molecule has 2 aromatic carbocycles. The molecule has 11 heteroatoms. The van der Waals surface area contributed by atoms with Crippen molar-refractivity contribution in [3.8, 4) is 0 Å². The molecule has 0 bridgehead atoms. The summed E-state index contributed by atoms with van der Waals surface area (Å²) in [5.74, 6) is 0.491. The molecule has 1 aliphatic rings. The molecule has 1 heterocycles. The number of ketones is 1. The minimum absolute atomic E-state index is 0.00181. The summed E-state index contributed by atoms with van der Waals surface area (Å²) in [5.41, 5.74) is 2.23. The van der Waals surface area contributed by atoms with E-state index in [0.29, 0.717) is 38.5 Å². The number of likely N-dealkylation sites (N-methyl/N-ethyl adjacent to an activating group) is 1. The van der Waals surface area contributed by atoms with Crippen molar-refractivity contribution >= 4 is 23.5 Å². The summed E-state index contributed by atoms with van der Waals surface area (Å²) < 4.78 is 17.8. The topological polar surface area (TPSA) is 135 Å². The fourth-order valence-electron chi connectivity index (χ4n) is 7.82. The van der Waals surface area contributed by atoms with Crippen LogP contribution in [0.1, 0.15) is 113 Å². The van der Waals surface area contributed by atoms with Crippen molar-refractivity contribution in [1.82, 2.24) is 20.9 Å². The molecule has 0 saturated carbocycles. The van der Waals surface area contributed by atoms with E-state index in [-0.39, 0.29) is 71.5 Å². The molecule has 3 amide bonds. The lowest BCUT2D eigenvalue weighted by atomic mass is 9.87. The SMILES string of the molecule is CC.CC[C@H](C)[C@H](C)[C@@H](CC(=O)N1CCC[C@H]1[C@H](OC)[C@@H](C)C(=O)N[C@H](COCc1ccccc1)Cc1ccccc1)OC.CNC(C(=O)N[C@H](C(C)=O)C(C)C)C(C)C. The normalized spacial score (nSPS) is 17.7. The van der Waals surface area contributed by atoms with E-state index in [2.05, 4.69) is 48.9 Å². The number of carbonyl (C=O) groups is 4. The molecule has 0 aromatic heterocycles. The molecule has 11 nitrogen and oxygen atoms in total. The van der Waals surface area contributed by atoms with Crippen LogP contribution in [0.15, 0.2) is 60.7 Å². The van der Waals surface area contributed by atoms with Gasteiger partial charge in [-0.15, -0.1) is 0 Å². The van der Waals surface area contributed by atoms with E-state index in [1.54, 1.807) is 21.3 Å². The van der Waals surface area contributed by atoms with E-state index in [4.69, 9.17) is 14.2 Å². The molecule has 0 spiro atoms. The van der Waals surface area contributed by atoms with Crippen molar-refractivity contribution in [2.24, 2.45) is 29.6 Å². The Kier molecular flexibility index (Phi) is 26.8. The number of nitrogens with one attached hydrogen (secondary N) is 3. The van der Waals surface area contributed by atoms with E-state index < -0.39 is 12.0 Å². The first-order chi connectivity index (χ1) is 28.6. The van der Waals surface area contributed by atoms with Crippen molar-refractivity contribution in [2.45, 2.75) is 151 Å². The third-order valence-electron chi connectivity index (χ3n) is 11.7. The van der Waals surface area contributed by atoms with E-state index in [1.165, 1.54) is 6.92 Å². The van der Waals surface area contributed by atoms with Crippen LogP contribution in [0.5, 0.6) is 0 Å². The Labute approximate surface area is 363 Å². The third kappa shape index (κ3) is 18.1. The van der Waals surface area contributed by atoms with Crippen LogP contribution < -0.4 is 16.0 Å². The van der Waals surface area contributed by atoms with Crippen LogP contribution in [0, 0.1) is 29.6 Å². The number of methoxy groups -OCH3 is 2. The van der Waals surface area contributed by atoms with E-state index in [9.17, 15) is 19.2 Å². The minimum atomic E-state index is -0.446. The monoisotopic (exact) mass is 839 g/mol. The highest BCUT2D eigenvalue weighted by molar-refractivity contribution is 5.90. The molecule has 1 unspecified atom stereocenters. The second kappa shape index (κ2) is 29.6. The number of ether oxygens (including phenoxy) is 3. The lowest BCUT2D eigenvalue weighted by Crippen LogP contribution is -2.52. The van der Waals surface area contributed by atoms with Crippen LogP contribution in [0.3, 0.4) is 0 Å². The highest BCUT2D eigenvalue weighted by atomic mass is 16.5. The summed E-state index contributed by atoms with van der Waals surface area (Å²) in [6.07, 6.45) is 3.21. The first-order valence-electron chi connectivity index (χ1n) is 22.4. The van der Waals surface area contributed by atoms with Crippen LogP contribution in [0.2, 0.25) is 0 Å². The van der Waals surface area contributed by atoms with Gasteiger partial charge in [-0.3, -0.25) is 19.2 Å². The second-order valence-corrected chi connectivity index (χ2v) is 16.8. The smallest absolute Gasteiger partial charge is 0.237 e. The fraction of sp³-hybridized carbons (Fsp3) is 0.673. The van der Waals surface area contributed by atoms with Crippen molar-refractivity contribution in [2.75, 3.05) is 34.4 Å². The average molecular weight is 839 g/mol. The van der Waals surface area contributed by atoms with Crippen LogP contribution >= 0.6 is 0 Å². The Morgan fingerprint density at radius 1 is 0.783 bits per heavy atom. The van der Waals surface area contributed by atoms with Gasteiger partial charge in [0, 0.05) is 20.8 Å². The molecule has 60 heavy (non-hydrogen) atoms. The number of carbonyl (C=O) groups excluding carboxylic acids is 4. The molecular formula is C49H82N4O7. The Bertz CT molecular complexity index is 1490. The van der Waals surface area contributed by atoms with Crippen molar-refractivity contribution in [1.29, 1.82) is 0 Å². The predicted molar refractivity (Wildman–Crippen MR) is 243 cm³/mol. The van der Waals surface area contributed by atoms with Crippen molar-refractivity contribution in [3.05, 3.63) is 71.8 Å². The first-order valence-corrected chi connectivity index (χ1v) is 22.4. The van der Waals surface area contributed by atoms with Gasteiger partial charge in [-0.25, -0.2) is 0 Å². The van der Waals surface area contributed by atoms with E-state index >= 15 is 0 Å². The lowest BCUT2D eigenvalue weighted by Gasteiger charge is -2.35. The summed E-state index contributed by atoms with van der Waals surface area (Å²) >= 11 is 0. The van der Waals surface area contributed by atoms with Crippen LogP contribution in [-0.4, -0.2) is 99.2 Å². The summed E-state index contributed by atoms with van der Waals surface area (Å²) in [4.78, 5) is 52.4. The van der Waals surface area contributed by atoms with Crippen LogP contribution in [0.25, 0.3) is 0 Å². The molecular weight excluding hydrogens is 757 g/mol. The molecule has 3 N–H and O–H groups in total. The fourth-order valence-corrected chi connectivity index (χ4v) is 7.82. The van der Waals surface area contributed by atoms with Gasteiger partial charge in [0.15, 0.2) is 5.78 Å². The number of hydrogen-bond donors (Lipinski definition) is 3. The highest BCUT2D eigenvalue weighted by Crippen LogP contribution is 2.29. The predicted octanol–water partition coefficient (Wildman–Crippen LogP) is 7.65. The van der Waals surface area contributed by atoms with Gasteiger partial charge in [-0.2, -0.15) is 0 Å². The maximum absolute atomic E-state index is 13.7. The number of likely N-dealkylation sites (tertiary alicyclic amines) is 1. The summed E-state index contributed by atoms with van der Waals surface area (Å²) in [6.45, 7) is 23.3. The van der Waals surface area contributed by atoms with E-state index in [0.717, 1.165) is 30.4 Å². The molecule has 3 rings (SSSR count). The molecule has 1 fully saturated rings. The molecule has 9 atom stereocenters. The zero-order chi connectivity index (χ0) is 45.4. The lowest BCUT2D eigenvalue weighted by molar-refractivity contribution is -0.143. The van der Waals surface area contributed by atoms with Crippen molar-refractivity contribution in [3.63, 3.8) is 0 Å². The Morgan fingerprint density at radius 2 is 1.35 bits per heavy atom. The molecule has 340 valence electrons. The quantitative estimate of drug-likeness (QED) is 0.104. The second-order valence-electron chi connectivity index (χ2n) is 16.8. The zero-order valence-electron chi connectivity index (χ0n) is 39.6. The zero-order valence-corrected chi connectivity index (χ0v) is 39.6. The molecule has 0 radical (unpaired) electrons. The standard InChI is InChI=1S/C35H52N2O5.C12H24N2O2.C2H6/c1-7-25(2)26(3)32(40-5)22-33(38)37-20-14-19-31(37)34(41-6)27(4)35(39)36-30(21-28-15-10-8-11-16-28)24-42-23-29-17-12-9-13-18-29;1-7(2)10(9(5)15)14-12(16)11(13-6)8(3)4;1-2/h8-13,15-18,25-27,30-32,34H,7,14,19-24H2,1-6H3,(H,36,39);7-8,10-11,13H,1-6H3,(H,14,16);1-2H3/t25-,26-,27+,30-,31-,32+,34+;10-,11?;/m00./s1. The van der Waals surface area contributed by atoms with Gasteiger partial charge >= 0.3 is 0 Å². The Balaban J connectivity index is 0.000000841. The molecule has 1 saturated heterocycles. The number of rotatable bonds is 23. The number of Topliss-reactive ketones (excluding diaryl/α,β-unsaturated/α-hetero) is 1. The van der Waals surface area contributed by atoms with Gasteiger partial charge in [0.25, 0.3) is 0 Å². The maximum Gasteiger partial charge on any atom is 0.237 e. The Morgan fingerprint density at radius 3 is 1.83 bits per heavy atom. The number of benzene rings is 2. The summed E-state index contributed by atoms with van der Waals surface area (Å²) in [7, 11) is 5.09. The van der Waals surface area contributed by atoms with Crippen molar-refractivity contribution < 1.29 is 33.4 Å². The number of nitrogens with zero attached hydrogens (tertiary/aromatic N) is 1. The Hall–Kier alpha value is -3.64. The molecule has 0 aliphatic carbocycles. The largest absolute Gasteiger partial charge is 0.381 e. The first kappa shape index (κ1) is 54.4. The van der Waals surface area contributed by atoms with Crippen LogP contribution in [0.4, 0.5) is 0 Å². The number of hydrogen-bond acceptors (Lipinski definition) is 8. The number of amides is 3. The van der Waals surface area contributed by atoms with Gasteiger partial charge in [0.1, 0.15) is 0 Å². The highest BCUT2D eigenvalue weighted by Gasteiger charge is 2.41. The molecule has 1 aliphatic heterocycles. The van der Waals surface area contributed by atoms with Crippen LogP contribution in [-0.2, 0) is 46.4 Å². The van der Waals surface area contributed by atoms with Gasteiger partial charge in [0.05, 0.1) is 61.9 Å². The van der Waals surface area contributed by atoms with Gasteiger partial charge in [-0.05, 0) is 68.0 Å².